The van der Waals surface area contributed by atoms with Crippen molar-refractivity contribution in [2.24, 2.45) is 0 Å². The summed E-state index contributed by atoms with van der Waals surface area (Å²) < 4.78 is 71.6. The molecule has 1 unspecified atom stereocenters. The highest BCUT2D eigenvalue weighted by Crippen LogP contribution is 2.48. The van der Waals surface area contributed by atoms with Gasteiger partial charge in [0, 0.05) is 12.6 Å². The Kier molecular flexibility index (Phi) is 8.11. The van der Waals surface area contributed by atoms with Crippen LogP contribution in [0.4, 0.5) is 14.6 Å². The fourth-order valence-electron chi connectivity index (χ4n) is 3.74. The van der Waals surface area contributed by atoms with E-state index in [4.69, 9.17) is 29.0 Å². The van der Waals surface area contributed by atoms with E-state index >= 15 is 8.78 Å². The zero-order chi connectivity index (χ0) is 27.5. The molecule has 0 radical (unpaired) electrons. The first-order valence-electron chi connectivity index (χ1n) is 11.5. The summed E-state index contributed by atoms with van der Waals surface area (Å²) in [5.41, 5.74) is 4.32. The fourth-order valence-corrected chi connectivity index (χ4v) is 5.24. The molecule has 0 spiro atoms. The Morgan fingerprint density at radius 2 is 1.95 bits per heavy atom. The number of cyclic esters (lactones) is 1. The molecule has 0 amide bonds. The maximum absolute atomic E-state index is 15.5. The Balaban J connectivity index is 1.67. The van der Waals surface area contributed by atoms with E-state index in [-0.39, 0.29) is 31.0 Å². The lowest BCUT2D eigenvalue weighted by atomic mass is 10.1. The highest BCUT2D eigenvalue weighted by Gasteiger charge is 2.63. The summed E-state index contributed by atoms with van der Waals surface area (Å²) in [5, 5.41) is 2.42. The van der Waals surface area contributed by atoms with E-state index in [1.165, 1.54) is 19.1 Å². The van der Waals surface area contributed by atoms with Crippen LogP contribution >= 0.6 is 7.75 Å². The predicted molar refractivity (Wildman–Crippen MR) is 125 cm³/mol. The molecule has 0 bridgehead atoms. The monoisotopic (exact) mass is 558 g/mol. The van der Waals surface area contributed by atoms with E-state index in [1.807, 2.05) is 0 Å². The second-order valence-corrected chi connectivity index (χ2v) is 10.2. The van der Waals surface area contributed by atoms with Crippen molar-refractivity contribution in [2.45, 2.75) is 50.2 Å². The molecule has 38 heavy (non-hydrogen) atoms. The Morgan fingerprint density at radius 1 is 1.21 bits per heavy atom. The number of rotatable bonds is 3. The highest BCUT2D eigenvalue weighted by atomic mass is 31.2. The molecule has 16 heteroatoms. The van der Waals surface area contributed by atoms with Gasteiger partial charge in [0.25, 0.3) is 0 Å². The summed E-state index contributed by atoms with van der Waals surface area (Å²) in [6.07, 6.45) is -5.61. The number of nitrogens with one attached hydrogen (secondary N) is 1. The van der Waals surface area contributed by atoms with Crippen molar-refractivity contribution in [1.82, 2.24) is 14.6 Å². The molecule has 2 fully saturated rings. The third-order valence-electron chi connectivity index (χ3n) is 5.56. The molecule has 206 valence electrons. The fraction of sp³-hybridized carbons (Fsp3) is 0.455. The van der Waals surface area contributed by atoms with E-state index in [0.29, 0.717) is 4.57 Å². The van der Waals surface area contributed by atoms with Crippen LogP contribution in [0.1, 0.15) is 26.0 Å². The number of ether oxygens (including phenoxy) is 3. The van der Waals surface area contributed by atoms with Crippen LogP contribution < -0.4 is 21.0 Å². The molecular weight excluding hydrogens is 533 g/mol. The molecular formula is C22H25F2N4O9P. The lowest BCUT2D eigenvalue weighted by Crippen LogP contribution is -2.45. The summed E-state index contributed by atoms with van der Waals surface area (Å²) in [7, 11) is -4.43. The van der Waals surface area contributed by atoms with Gasteiger partial charge < -0.3 is 24.5 Å². The second-order valence-electron chi connectivity index (χ2n) is 8.47. The Hall–Kier alpha value is -3.39. The van der Waals surface area contributed by atoms with E-state index in [1.54, 1.807) is 18.2 Å². The van der Waals surface area contributed by atoms with Gasteiger partial charge in [-0.2, -0.15) is 18.9 Å². The van der Waals surface area contributed by atoms with Gasteiger partial charge in [-0.1, -0.05) is 18.2 Å². The Bertz CT molecular complexity index is 1280. The number of hydrogen-bond donors (Lipinski definition) is 2. The normalized spacial score (nSPS) is 30.4. The van der Waals surface area contributed by atoms with Crippen LogP contribution in [-0.2, 0) is 32.9 Å². The maximum Gasteiger partial charge on any atom is 0.459 e. The lowest BCUT2D eigenvalue weighted by molar-refractivity contribution is -0.177. The number of carbonyl (C=O) groups is 2. The number of nitrogens with zero attached hydrogens (tertiary/aromatic N) is 2. The average Bonchev–Trinajstić information content (AvgIpc) is 3.10. The third-order valence-corrected chi connectivity index (χ3v) is 7.21. The molecule has 4 rings (SSSR count). The largest absolute Gasteiger partial charge is 0.465 e. The molecule has 1 aromatic heterocycles. The van der Waals surface area contributed by atoms with Gasteiger partial charge >= 0.3 is 31.3 Å². The number of anilines is 1. The standard InChI is InChI=1S/C22H25F2N4O9P/c1-13-19(30)33-11-5-8-17(29)36-18-15(12-34-38(32,27-13)37-14-6-3-2-4-7-14)35-20(22(18,23)24)28-10-9-16(25)26-21(28)31/h2-4,6-7,9-10,13,15,18,20H,5,8,11-12H2,1H3,(H,27,32)(H2,25,26,31)/t13-,15+,18+,20+,38?/m0/s1. The first-order chi connectivity index (χ1) is 18.0. The van der Waals surface area contributed by atoms with Crippen LogP contribution in [-0.4, -0.2) is 58.9 Å². The summed E-state index contributed by atoms with van der Waals surface area (Å²) in [5.74, 6) is -5.90. The molecule has 5 atom stereocenters. The van der Waals surface area contributed by atoms with Crippen molar-refractivity contribution in [3.8, 4) is 5.75 Å². The van der Waals surface area contributed by atoms with Crippen molar-refractivity contribution in [3.63, 3.8) is 0 Å². The minimum Gasteiger partial charge on any atom is -0.465 e. The van der Waals surface area contributed by atoms with Gasteiger partial charge in [0.1, 0.15) is 23.7 Å². The van der Waals surface area contributed by atoms with Crippen molar-refractivity contribution >= 4 is 25.5 Å². The summed E-state index contributed by atoms with van der Waals surface area (Å²) >= 11 is 0. The van der Waals surface area contributed by atoms with E-state index < -0.39 is 62.4 Å². The summed E-state index contributed by atoms with van der Waals surface area (Å²) in [6, 6.07) is 7.68. The molecule has 0 aliphatic carbocycles. The molecule has 1 aromatic carbocycles. The van der Waals surface area contributed by atoms with E-state index in [2.05, 4.69) is 10.1 Å². The summed E-state index contributed by atoms with van der Waals surface area (Å²) in [6.45, 7) is 0.257. The summed E-state index contributed by atoms with van der Waals surface area (Å²) in [4.78, 5) is 40.4. The highest BCUT2D eigenvalue weighted by molar-refractivity contribution is 7.52. The topological polar surface area (TPSA) is 170 Å². The first-order valence-corrected chi connectivity index (χ1v) is 13.0. The maximum atomic E-state index is 15.5. The number of aromatic nitrogens is 2. The Labute approximate surface area is 214 Å². The van der Waals surface area contributed by atoms with Crippen molar-refractivity contribution in [3.05, 3.63) is 53.1 Å². The van der Waals surface area contributed by atoms with Gasteiger partial charge in [-0.05, 0) is 31.5 Å². The van der Waals surface area contributed by atoms with Crippen molar-refractivity contribution in [1.29, 1.82) is 0 Å². The van der Waals surface area contributed by atoms with Crippen LogP contribution in [0, 0.1) is 0 Å². The molecule has 3 N–H and O–H groups in total. The van der Waals surface area contributed by atoms with Crippen LogP contribution in [0.3, 0.4) is 0 Å². The number of carbonyl (C=O) groups excluding carboxylic acids is 2. The predicted octanol–water partition coefficient (Wildman–Crippen LogP) is 1.79. The number of nitrogen functional groups attached to an aromatic ring is 1. The molecule has 13 nitrogen and oxygen atoms in total. The quantitative estimate of drug-likeness (QED) is 0.414. The number of halogens is 2. The van der Waals surface area contributed by atoms with Crippen molar-refractivity contribution in [2.75, 3.05) is 18.9 Å². The van der Waals surface area contributed by atoms with Gasteiger partial charge in [-0.15, -0.1) is 0 Å². The Morgan fingerprint density at radius 3 is 2.66 bits per heavy atom. The number of esters is 2. The molecule has 2 aromatic rings. The molecule has 0 saturated carbocycles. The number of para-hydroxylation sites is 1. The molecule has 3 heterocycles. The zero-order valence-electron chi connectivity index (χ0n) is 20.0. The van der Waals surface area contributed by atoms with Gasteiger partial charge in [-0.25, -0.2) is 9.36 Å². The number of fused-ring (bicyclic) bond motifs is 1. The molecule has 2 aliphatic heterocycles. The van der Waals surface area contributed by atoms with E-state index in [9.17, 15) is 18.9 Å². The number of hydrogen-bond acceptors (Lipinski definition) is 11. The lowest BCUT2D eigenvalue weighted by Gasteiger charge is -2.26. The smallest absolute Gasteiger partial charge is 0.459 e. The van der Waals surface area contributed by atoms with E-state index in [0.717, 1.165) is 12.3 Å². The minimum atomic E-state index is -4.43. The minimum absolute atomic E-state index is 0.0272. The SMILES string of the molecule is C[C@@H]1NP(=O)(Oc2ccccc2)OC[C@H]2O[C@@H](n3ccc(N)nc3=O)C(F)(F)[C@@H]2OC(=O)CCCOC1=O. The number of benzene rings is 1. The third kappa shape index (κ3) is 6.18. The van der Waals surface area contributed by atoms with Gasteiger partial charge in [0.15, 0.2) is 6.10 Å². The second kappa shape index (κ2) is 11.2. The average molecular weight is 558 g/mol. The van der Waals surface area contributed by atoms with Crippen LogP contribution in [0.5, 0.6) is 5.75 Å². The van der Waals surface area contributed by atoms with Crippen LogP contribution in [0.25, 0.3) is 0 Å². The first kappa shape index (κ1) is 27.6. The van der Waals surface area contributed by atoms with Crippen LogP contribution in [0.15, 0.2) is 47.4 Å². The van der Waals surface area contributed by atoms with Crippen molar-refractivity contribution < 1.29 is 46.2 Å². The van der Waals surface area contributed by atoms with Gasteiger partial charge in [0.05, 0.1) is 13.2 Å². The molecule has 2 saturated heterocycles. The van der Waals surface area contributed by atoms with Gasteiger partial charge in [-0.3, -0.25) is 18.7 Å². The zero-order valence-corrected chi connectivity index (χ0v) is 20.9. The molecule has 2 aliphatic rings. The number of alkyl halides is 2. The number of nitrogens with two attached hydrogens (primary N) is 1. The van der Waals surface area contributed by atoms with Gasteiger partial charge in [0.2, 0.25) is 6.23 Å². The van der Waals surface area contributed by atoms with Crippen LogP contribution in [0.2, 0.25) is 0 Å².